The minimum absolute atomic E-state index is 0.124. The van der Waals surface area contributed by atoms with Crippen molar-refractivity contribution in [2.45, 2.75) is 18.9 Å². The van der Waals surface area contributed by atoms with Crippen LogP contribution in [0.25, 0.3) is 0 Å². The van der Waals surface area contributed by atoms with Gasteiger partial charge in [0.25, 0.3) is 0 Å². The summed E-state index contributed by atoms with van der Waals surface area (Å²) >= 11 is 3.39. The SMILES string of the molecule is Brc1ccc(N=CC2CCC=CO2)cc1. The van der Waals surface area contributed by atoms with Crippen molar-refractivity contribution in [3.8, 4) is 0 Å². The second kappa shape index (κ2) is 5.12. The average molecular weight is 266 g/mol. The van der Waals surface area contributed by atoms with Gasteiger partial charge in [0.1, 0.15) is 6.10 Å². The van der Waals surface area contributed by atoms with Crippen LogP contribution in [0.15, 0.2) is 46.1 Å². The molecule has 1 aromatic carbocycles. The van der Waals surface area contributed by atoms with Gasteiger partial charge in [-0.1, -0.05) is 15.9 Å². The topological polar surface area (TPSA) is 21.6 Å². The number of nitrogens with zero attached hydrogens (tertiary/aromatic N) is 1. The summed E-state index contributed by atoms with van der Waals surface area (Å²) in [4.78, 5) is 4.37. The quantitative estimate of drug-likeness (QED) is 0.745. The number of allylic oxidation sites excluding steroid dienone is 1. The van der Waals surface area contributed by atoms with E-state index in [4.69, 9.17) is 4.74 Å². The molecule has 0 N–H and O–H groups in total. The van der Waals surface area contributed by atoms with Gasteiger partial charge >= 0.3 is 0 Å². The van der Waals surface area contributed by atoms with E-state index in [1.54, 1.807) is 6.26 Å². The molecule has 1 aliphatic heterocycles. The Morgan fingerprint density at radius 3 is 2.80 bits per heavy atom. The van der Waals surface area contributed by atoms with Gasteiger partial charge in [-0.15, -0.1) is 0 Å². The van der Waals surface area contributed by atoms with Gasteiger partial charge in [0, 0.05) is 10.7 Å². The van der Waals surface area contributed by atoms with Crippen LogP contribution in [0.5, 0.6) is 0 Å². The number of halogens is 1. The fraction of sp³-hybridized carbons (Fsp3) is 0.250. The molecule has 0 amide bonds. The maximum atomic E-state index is 5.38. The molecule has 0 spiro atoms. The highest BCUT2D eigenvalue weighted by molar-refractivity contribution is 9.10. The van der Waals surface area contributed by atoms with Crippen molar-refractivity contribution in [1.29, 1.82) is 0 Å². The largest absolute Gasteiger partial charge is 0.493 e. The van der Waals surface area contributed by atoms with E-state index in [2.05, 4.69) is 20.9 Å². The summed E-state index contributed by atoms with van der Waals surface area (Å²) in [6.45, 7) is 0. The minimum atomic E-state index is 0.124. The van der Waals surface area contributed by atoms with Gasteiger partial charge in [0.2, 0.25) is 0 Å². The van der Waals surface area contributed by atoms with Crippen molar-refractivity contribution in [2.75, 3.05) is 0 Å². The van der Waals surface area contributed by atoms with Crippen molar-refractivity contribution in [3.63, 3.8) is 0 Å². The second-order valence-corrected chi connectivity index (χ2v) is 4.29. The Balaban J connectivity index is 1.98. The van der Waals surface area contributed by atoms with E-state index in [1.807, 2.05) is 36.6 Å². The number of ether oxygens (including phenoxy) is 1. The minimum Gasteiger partial charge on any atom is -0.493 e. The van der Waals surface area contributed by atoms with Crippen molar-refractivity contribution >= 4 is 27.8 Å². The summed E-state index contributed by atoms with van der Waals surface area (Å²) in [5.74, 6) is 0. The zero-order valence-electron chi connectivity index (χ0n) is 8.27. The van der Waals surface area contributed by atoms with Crippen molar-refractivity contribution < 1.29 is 4.74 Å². The first-order chi connectivity index (χ1) is 7.34. The molecule has 0 fully saturated rings. The van der Waals surface area contributed by atoms with Crippen molar-refractivity contribution in [3.05, 3.63) is 41.1 Å². The number of hydrogen-bond acceptors (Lipinski definition) is 2. The van der Waals surface area contributed by atoms with Crippen LogP contribution in [0.2, 0.25) is 0 Å². The van der Waals surface area contributed by atoms with E-state index in [0.717, 1.165) is 23.0 Å². The van der Waals surface area contributed by atoms with Gasteiger partial charge < -0.3 is 4.74 Å². The third-order valence-corrected chi connectivity index (χ3v) is 2.71. The Kier molecular flexibility index (Phi) is 3.56. The van der Waals surface area contributed by atoms with Gasteiger partial charge in [0.15, 0.2) is 0 Å². The molecular formula is C12H12BrNO. The van der Waals surface area contributed by atoms with Crippen LogP contribution in [-0.4, -0.2) is 12.3 Å². The van der Waals surface area contributed by atoms with Gasteiger partial charge in [-0.25, -0.2) is 0 Å². The molecule has 78 valence electrons. The average Bonchev–Trinajstić information content (AvgIpc) is 2.30. The maximum Gasteiger partial charge on any atom is 0.133 e. The predicted octanol–water partition coefficient (Wildman–Crippen LogP) is 3.84. The fourth-order valence-electron chi connectivity index (χ4n) is 1.36. The summed E-state index contributed by atoms with van der Waals surface area (Å²) in [7, 11) is 0. The number of rotatable bonds is 2. The van der Waals surface area contributed by atoms with Crippen LogP contribution < -0.4 is 0 Å². The van der Waals surface area contributed by atoms with E-state index >= 15 is 0 Å². The molecule has 0 saturated heterocycles. The molecular weight excluding hydrogens is 254 g/mol. The molecule has 1 heterocycles. The van der Waals surface area contributed by atoms with Crippen LogP contribution in [0.1, 0.15) is 12.8 Å². The van der Waals surface area contributed by atoms with Gasteiger partial charge in [-0.2, -0.15) is 0 Å². The zero-order valence-corrected chi connectivity index (χ0v) is 9.85. The molecule has 3 heteroatoms. The lowest BCUT2D eigenvalue weighted by Crippen LogP contribution is -2.13. The summed E-state index contributed by atoms with van der Waals surface area (Å²) < 4.78 is 6.45. The maximum absolute atomic E-state index is 5.38. The molecule has 2 nitrogen and oxygen atoms in total. The first kappa shape index (κ1) is 10.4. The van der Waals surface area contributed by atoms with E-state index in [1.165, 1.54) is 0 Å². The smallest absolute Gasteiger partial charge is 0.133 e. The highest BCUT2D eigenvalue weighted by Gasteiger charge is 2.06. The molecule has 0 radical (unpaired) electrons. The summed E-state index contributed by atoms with van der Waals surface area (Å²) in [6.07, 6.45) is 7.85. The summed E-state index contributed by atoms with van der Waals surface area (Å²) in [5, 5.41) is 0. The molecule has 0 saturated carbocycles. The van der Waals surface area contributed by atoms with Crippen LogP contribution in [0.3, 0.4) is 0 Å². The third-order valence-electron chi connectivity index (χ3n) is 2.18. The van der Waals surface area contributed by atoms with Crippen LogP contribution >= 0.6 is 15.9 Å². The molecule has 0 bridgehead atoms. The summed E-state index contributed by atoms with van der Waals surface area (Å²) in [6, 6.07) is 7.90. The second-order valence-electron chi connectivity index (χ2n) is 3.38. The number of aliphatic imine (C=N–C) groups is 1. The Morgan fingerprint density at radius 1 is 1.33 bits per heavy atom. The number of hydrogen-bond donors (Lipinski definition) is 0. The van der Waals surface area contributed by atoms with Gasteiger partial charge in [0.05, 0.1) is 11.9 Å². The molecule has 1 unspecified atom stereocenters. The van der Waals surface area contributed by atoms with E-state index in [-0.39, 0.29) is 6.10 Å². The molecule has 1 aliphatic rings. The van der Waals surface area contributed by atoms with Gasteiger partial charge in [-0.3, -0.25) is 4.99 Å². The van der Waals surface area contributed by atoms with Crippen LogP contribution in [0, 0.1) is 0 Å². The number of benzene rings is 1. The highest BCUT2D eigenvalue weighted by atomic mass is 79.9. The fourth-order valence-corrected chi connectivity index (χ4v) is 1.62. The molecule has 0 aliphatic carbocycles. The standard InChI is InChI=1S/C12H12BrNO/c13-10-4-6-11(7-5-10)14-9-12-3-1-2-8-15-12/h2,4-9,12H,1,3H2. The third kappa shape index (κ3) is 3.20. The Bertz CT molecular complexity index is 370. The molecule has 2 rings (SSSR count). The lowest BCUT2D eigenvalue weighted by atomic mass is 10.2. The molecule has 0 aromatic heterocycles. The van der Waals surface area contributed by atoms with E-state index in [0.29, 0.717) is 0 Å². The van der Waals surface area contributed by atoms with Crippen LogP contribution in [0.4, 0.5) is 5.69 Å². The molecule has 1 aromatic rings. The Labute approximate surface area is 97.8 Å². The molecule has 15 heavy (non-hydrogen) atoms. The Morgan fingerprint density at radius 2 is 2.13 bits per heavy atom. The highest BCUT2D eigenvalue weighted by Crippen LogP contribution is 2.17. The van der Waals surface area contributed by atoms with Gasteiger partial charge in [-0.05, 0) is 43.2 Å². The monoisotopic (exact) mass is 265 g/mol. The zero-order chi connectivity index (χ0) is 10.5. The molecule has 1 atom stereocenters. The lowest BCUT2D eigenvalue weighted by molar-refractivity contribution is 0.185. The Hall–Kier alpha value is -1.09. The lowest BCUT2D eigenvalue weighted by Gasteiger charge is -2.14. The van der Waals surface area contributed by atoms with Crippen molar-refractivity contribution in [1.82, 2.24) is 0 Å². The summed E-state index contributed by atoms with van der Waals surface area (Å²) in [5.41, 5.74) is 0.955. The van der Waals surface area contributed by atoms with E-state index < -0.39 is 0 Å². The normalized spacial score (nSPS) is 20.5. The first-order valence-corrected chi connectivity index (χ1v) is 5.74. The first-order valence-electron chi connectivity index (χ1n) is 4.95. The van der Waals surface area contributed by atoms with Crippen molar-refractivity contribution in [2.24, 2.45) is 4.99 Å². The predicted molar refractivity (Wildman–Crippen MR) is 65.5 cm³/mol. The van der Waals surface area contributed by atoms with E-state index in [9.17, 15) is 0 Å². The van der Waals surface area contributed by atoms with Crippen LogP contribution in [-0.2, 0) is 4.74 Å².